The Morgan fingerprint density at radius 1 is 1.45 bits per heavy atom. The number of nitrogens with zero attached hydrogens (tertiary/aromatic N) is 4. The first kappa shape index (κ1) is 15.4. The molecule has 2 aromatic rings. The van der Waals surface area contributed by atoms with E-state index in [2.05, 4.69) is 55.0 Å². The van der Waals surface area contributed by atoms with Gasteiger partial charge in [0.25, 0.3) is 0 Å². The molecular weight excluding hydrogens is 342 g/mol. The molecule has 8 heteroatoms. The van der Waals surface area contributed by atoms with Gasteiger partial charge in [-0.25, -0.2) is 4.68 Å². The molecule has 0 amide bonds. The van der Waals surface area contributed by atoms with Crippen molar-refractivity contribution in [1.29, 1.82) is 0 Å². The second-order valence-corrected chi connectivity index (χ2v) is 6.00. The first-order valence-corrected chi connectivity index (χ1v) is 7.70. The Hall–Kier alpha value is -0.960. The van der Waals surface area contributed by atoms with Crippen molar-refractivity contribution in [2.24, 2.45) is 7.05 Å². The lowest BCUT2D eigenvalue weighted by Gasteiger charge is -2.08. The molecule has 1 N–H and O–H groups in total. The van der Waals surface area contributed by atoms with Crippen molar-refractivity contribution in [1.82, 2.24) is 25.5 Å². The van der Waals surface area contributed by atoms with Gasteiger partial charge in [0.1, 0.15) is 0 Å². The molecule has 0 radical (unpaired) electrons. The lowest BCUT2D eigenvalue weighted by molar-refractivity contribution is 0.199. The molecule has 0 bridgehead atoms. The van der Waals surface area contributed by atoms with Crippen LogP contribution in [-0.2, 0) is 18.3 Å². The van der Waals surface area contributed by atoms with Crippen LogP contribution >= 0.6 is 27.7 Å². The summed E-state index contributed by atoms with van der Waals surface area (Å²) in [5, 5.41) is 15.5. The SMILES string of the molecule is COCCNCc1ccc(Sc2nnnn2C)cc1Br. The van der Waals surface area contributed by atoms with Gasteiger partial charge >= 0.3 is 0 Å². The van der Waals surface area contributed by atoms with E-state index >= 15 is 0 Å². The smallest absolute Gasteiger partial charge is 0.213 e. The zero-order valence-corrected chi connectivity index (χ0v) is 13.7. The summed E-state index contributed by atoms with van der Waals surface area (Å²) in [5.74, 6) is 0. The Morgan fingerprint density at radius 3 is 2.95 bits per heavy atom. The summed E-state index contributed by atoms with van der Waals surface area (Å²) in [6.07, 6.45) is 0. The van der Waals surface area contributed by atoms with Crippen molar-refractivity contribution in [3.63, 3.8) is 0 Å². The van der Waals surface area contributed by atoms with E-state index in [1.807, 2.05) is 7.05 Å². The first-order chi connectivity index (χ1) is 9.70. The average Bonchev–Trinajstić information content (AvgIpc) is 2.82. The van der Waals surface area contributed by atoms with E-state index in [0.29, 0.717) is 6.61 Å². The van der Waals surface area contributed by atoms with Crippen molar-refractivity contribution in [3.8, 4) is 0 Å². The number of aryl methyl sites for hydroxylation is 1. The maximum Gasteiger partial charge on any atom is 0.213 e. The number of methoxy groups -OCH3 is 1. The summed E-state index contributed by atoms with van der Waals surface area (Å²) in [6.45, 7) is 2.36. The molecule has 0 saturated heterocycles. The zero-order chi connectivity index (χ0) is 14.4. The van der Waals surface area contributed by atoms with Crippen LogP contribution < -0.4 is 5.32 Å². The van der Waals surface area contributed by atoms with Crippen molar-refractivity contribution < 1.29 is 4.74 Å². The molecule has 20 heavy (non-hydrogen) atoms. The summed E-state index contributed by atoms with van der Waals surface area (Å²) in [4.78, 5) is 1.09. The third-order valence-electron chi connectivity index (χ3n) is 2.61. The minimum Gasteiger partial charge on any atom is -0.383 e. The van der Waals surface area contributed by atoms with E-state index in [4.69, 9.17) is 4.74 Å². The van der Waals surface area contributed by atoms with Crippen LogP contribution in [0.25, 0.3) is 0 Å². The van der Waals surface area contributed by atoms with Crippen molar-refractivity contribution in [3.05, 3.63) is 28.2 Å². The third kappa shape index (κ3) is 4.27. The second-order valence-electron chi connectivity index (χ2n) is 4.11. The van der Waals surface area contributed by atoms with Crippen molar-refractivity contribution in [2.75, 3.05) is 20.3 Å². The molecule has 1 heterocycles. The zero-order valence-electron chi connectivity index (χ0n) is 11.3. The van der Waals surface area contributed by atoms with E-state index in [0.717, 1.165) is 27.6 Å². The summed E-state index contributed by atoms with van der Waals surface area (Å²) >= 11 is 5.13. The van der Waals surface area contributed by atoms with Gasteiger partial charge < -0.3 is 10.1 Å². The monoisotopic (exact) mass is 357 g/mol. The van der Waals surface area contributed by atoms with Gasteiger partial charge in [-0.3, -0.25) is 0 Å². The van der Waals surface area contributed by atoms with Gasteiger partial charge in [0, 0.05) is 36.6 Å². The standard InChI is InChI=1S/C12H16BrN5OS/c1-18-12(15-16-17-18)20-10-4-3-9(11(13)7-10)8-14-5-6-19-2/h3-4,7,14H,5-6,8H2,1-2H3. The number of benzene rings is 1. The summed E-state index contributed by atoms with van der Waals surface area (Å²) < 4.78 is 7.72. The molecule has 1 aromatic carbocycles. The maximum atomic E-state index is 5.00. The lowest BCUT2D eigenvalue weighted by atomic mass is 10.2. The van der Waals surface area contributed by atoms with E-state index in [9.17, 15) is 0 Å². The van der Waals surface area contributed by atoms with E-state index in [-0.39, 0.29) is 0 Å². The minimum absolute atomic E-state index is 0.713. The highest BCUT2D eigenvalue weighted by molar-refractivity contribution is 9.10. The molecule has 0 aliphatic carbocycles. The van der Waals surface area contributed by atoms with Gasteiger partial charge in [-0.15, -0.1) is 5.10 Å². The number of nitrogens with one attached hydrogen (secondary N) is 1. The van der Waals surface area contributed by atoms with Crippen LogP contribution in [0.4, 0.5) is 0 Å². The van der Waals surface area contributed by atoms with Crippen molar-refractivity contribution in [2.45, 2.75) is 16.6 Å². The topological polar surface area (TPSA) is 64.9 Å². The Labute approximate surface area is 130 Å². The van der Waals surface area contributed by atoms with Crippen LogP contribution in [0.3, 0.4) is 0 Å². The second kappa shape index (κ2) is 7.72. The molecule has 0 saturated carbocycles. The van der Waals surface area contributed by atoms with Gasteiger partial charge in [0.15, 0.2) is 0 Å². The number of tetrazole rings is 1. The number of rotatable bonds is 7. The quantitative estimate of drug-likeness (QED) is 0.763. The third-order valence-corrected chi connectivity index (χ3v) is 4.37. The fourth-order valence-corrected chi connectivity index (χ4v) is 2.99. The summed E-state index contributed by atoms with van der Waals surface area (Å²) in [6, 6.07) is 6.24. The molecular formula is C12H16BrN5OS. The highest BCUT2D eigenvalue weighted by Crippen LogP contribution is 2.29. The van der Waals surface area contributed by atoms with Crippen molar-refractivity contribution >= 4 is 27.7 Å². The largest absolute Gasteiger partial charge is 0.383 e. The van der Waals surface area contributed by atoms with Crippen LogP contribution in [0, 0.1) is 0 Å². The lowest BCUT2D eigenvalue weighted by Crippen LogP contribution is -2.18. The van der Waals surface area contributed by atoms with Crippen LogP contribution in [0.15, 0.2) is 32.7 Å². The predicted molar refractivity (Wildman–Crippen MR) is 80.6 cm³/mol. The normalized spacial score (nSPS) is 10.9. The van der Waals surface area contributed by atoms with Crippen LogP contribution in [0.1, 0.15) is 5.56 Å². The number of hydrogen-bond donors (Lipinski definition) is 1. The number of halogens is 1. The first-order valence-electron chi connectivity index (χ1n) is 6.09. The summed E-state index contributed by atoms with van der Waals surface area (Å²) in [7, 11) is 3.52. The fraction of sp³-hybridized carbons (Fsp3) is 0.417. The molecule has 0 unspecified atom stereocenters. The fourth-order valence-electron chi connectivity index (χ4n) is 1.55. The highest BCUT2D eigenvalue weighted by Gasteiger charge is 2.07. The molecule has 0 spiro atoms. The molecule has 0 fully saturated rings. The van der Waals surface area contributed by atoms with E-state index in [1.54, 1.807) is 11.8 Å². The number of aromatic nitrogens is 4. The van der Waals surface area contributed by atoms with Gasteiger partial charge in [-0.2, -0.15) is 0 Å². The Morgan fingerprint density at radius 2 is 2.30 bits per heavy atom. The van der Waals surface area contributed by atoms with Gasteiger partial charge in [0.2, 0.25) is 5.16 Å². The van der Waals surface area contributed by atoms with E-state index < -0.39 is 0 Å². The molecule has 0 aliphatic rings. The van der Waals surface area contributed by atoms with Crippen LogP contribution in [-0.4, -0.2) is 40.5 Å². The molecule has 1 aromatic heterocycles. The number of hydrogen-bond acceptors (Lipinski definition) is 6. The Kier molecular flexibility index (Phi) is 5.96. The van der Waals surface area contributed by atoms with Gasteiger partial charge in [-0.1, -0.05) is 22.0 Å². The molecule has 0 atom stereocenters. The van der Waals surface area contributed by atoms with Crippen LogP contribution in [0.2, 0.25) is 0 Å². The molecule has 6 nitrogen and oxygen atoms in total. The minimum atomic E-state index is 0.713. The van der Waals surface area contributed by atoms with E-state index in [1.165, 1.54) is 17.3 Å². The average molecular weight is 358 g/mol. The summed E-state index contributed by atoms with van der Waals surface area (Å²) in [5.41, 5.74) is 1.21. The molecule has 108 valence electrons. The Balaban J connectivity index is 1.97. The predicted octanol–water partition coefficient (Wildman–Crippen LogP) is 1.86. The molecule has 0 aliphatic heterocycles. The maximum absolute atomic E-state index is 5.00. The van der Waals surface area contributed by atoms with Gasteiger partial charge in [-0.05, 0) is 39.9 Å². The highest BCUT2D eigenvalue weighted by atomic mass is 79.9. The Bertz CT molecular complexity index is 563. The van der Waals surface area contributed by atoms with Gasteiger partial charge in [0.05, 0.1) is 6.61 Å². The van der Waals surface area contributed by atoms with Crippen LogP contribution in [0.5, 0.6) is 0 Å². The molecule has 2 rings (SSSR count). The number of ether oxygens (including phenoxy) is 1.